The molecule has 2 heterocycles. The van der Waals surface area contributed by atoms with Gasteiger partial charge in [-0.3, -0.25) is 0 Å². The molecule has 2 aliphatic heterocycles. The summed E-state index contributed by atoms with van der Waals surface area (Å²) in [7, 11) is 1.58. The van der Waals surface area contributed by atoms with Crippen LogP contribution in [-0.2, 0) is 14.2 Å². The number of ether oxygens (including phenoxy) is 4. The van der Waals surface area contributed by atoms with Crippen LogP contribution in [0.2, 0.25) is 0 Å². The normalized spacial score (nSPS) is 26.7. The van der Waals surface area contributed by atoms with Gasteiger partial charge < -0.3 is 34.9 Å². The molecule has 0 aliphatic carbocycles. The Hall–Kier alpha value is -2.52. The largest absolute Gasteiger partial charge is 0.497 e. The van der Waals surface area contributed by atoms with Gasteiger partial charge in [-0.15, -0.1) is 0 Å². The third-order valence-electron chi connectivity index (χ3n) is 4.25. The van der Waals surface area contributed by atoms with E-state index >= 15 is 0 Å². The average molecular weight is 365 g/mol. The maximum atomic E-state index is 12.2. The minimum atomic E-state index is -0.501. The highest BCUT2D eigenvalue weighted by Crippen LogP contribution is 2.29. The van der Waals surface area contributed by atoms with Crippen LogP contribution in [0.5, 0.6) is 5.75 Å². The Labute approximate surface area is 151 Å². The Morgan fingerprint density at radius 3 is 2.58 bits per heavy atom. The molecule has 1 aromatic carbocycles. The van der Waals surface area contributed by atoms with Gasteiger partial charge in [-0.1, -0.05) is 0 Å². The van der Waals surface area contributed by atoms with Crippen LogP contribution in [0, 0.1) is 0 Å². The molecule has 4 atom stereocenters. The van der Waals surface area contributed by atoms with Gasteiger partial charge in [0.1, 0.15) is 18.0 Å². The van der Waals surface area contributed by atoms with Gasteiger partial charge in [0.2, 0.25) is 0 Å². The number of carbonyl (C=O) groups is 2. The van der Waals surface area contributed by atoms with Gasteiger partial charge in [-0.25, -0.2) is 9.59 Å². The summed E-state index contributed by atoms with van der Waals surface area (Å²) >= 11 is 0. The molecular weight excluding hydrogens is 342 g/mol. The molecule has 9 nitrogen and oxygen atoms in total. The highest BCUT2D eigenvalue weighted by atomic mass is 16.6. The van der Waals surface area contributed by atoms with Gasteiger partial charge >= 0.3 is 12.1 Å². The van der Waals surface area contributed by atoms with Crippen molar-refractivity contribution in [1.82, 2.24) is 10.6 Å². The van der Waals surface area contributed by atoms with E-state index in [4.69, 9.17) is 18.9 Å². The summed E-state index contributed by atoms with van der Waals surface area (Å²) in [6.45, 7) is 2.82. The number of amides is 3. The van der Waals surface area contributed by atoms with E-state index in [0.717, 1.165) is 0 Å². The van der Waals surface area contributed by atoms with Crippen LogP contribution < -0.4 is 20.7 Å². The van der Waals surface area contributed by atoms with Crippen LogP contribution in [0.15, 0.2) is 24.3 Å². The monoisotopic (exact) mass is 365 g/mol. The molecule has 9 heteroatoms. The molecule has 1 aromatic rings. The molecule has 3 N–H and O–H groups in total. The Balaban J connectivity index is 1.50. The van der Waals surface area contributed by atoms with Gasteiger partial charge in [-0.05, 0) is 31.2 Å². The number of hydrogen-bond acceptors (Lipinski definition) is 6. The third kappa shape index (κ3) is 4.17. The number of fused-ring (bicyclic) bond motifs is 1. The molecule has 26 heavy (non-hydrogen) atoms. The topological polar surface area (TPSA) is 107 Å². The summed E-state index contributed by atoms with van der Waals surface area (Å²) in [6.07, 6.45) is -1.72. The number of carbonyl (C=O) groups excluding carboxylic acids is 2. The third-order valence-corrected chi connectivity index (χ3v) is 4.25. The number of benzene rings is 1. The minimum absolute atomic E-state index is 0.241. The minimum Gasteiger partial charge on any atom is -0.497 e. The van der Waals surface area contributed by atoms with Crippen LogP contribution in [0.1, 0.15) is 6.92 Å². The summed E-state index contributed by atoms with van der Waals surface area (Å²) in [4.78, 5) is 23.8. The molecule has 3 rings (SSSR count). The fraction of sp³-hybridized carbons (Fsp3) is 0.529. The van der Waals surface area contributed by atoms with Gasteiger partial charge in [-0.2, -0.15) is 0 Å². The molecule has 0 radical (unpaired) electrons. The van der Waals surface area contributed by atoms with Crippen molar-refractivity contribution in [2.24, 2.45) is 0 Å². The first-order chi connectivity index (χ1) is 12.6. The van der Waals surface area contributed by atoms with Crippen LogP contribution in [0.25, 0.3) is 0 Å². The smallest absolute Gasteiger partial charge is 0.407 e. The number of nitrogens with one attached hydrogen (secondary N) is 3. The zero-order valence-corrected chi connectivity index (χ0v) is 14.7. The summed E-state index contributed by atoms with van der Waals surface area (Å²) in [5.41, 5.74) is 0.642. The molecule has 2 saturated heterocycles. The molecule has 3 amide bonds. The molecular formula is C17H23N3O6. The van der Waals surface area contributed by atoms with E-state index in [9.17, 15) is 9.59 Å². The van der Waals surface area contributed by atoms with E-state index in [1.165, 1.54) is 0 Å². The molecule has 2 fully saturated rings. The zero-order chi connectivity index (χ0) is 18.5. The molecule has 2 aliphatic rings. The first kappa shape index (κ1) is 18.3. The Morgan fingerprint density at radius 2 is 1.88 bits per heavy atom. The van der Waals surface area contributed by atoms with Crippen molar-refractivity contribution in [3.8, 4) is 5.75 Å². The highest BCUT2D eigenvalue weighted by molar-refractivity contribution is 5.89. The predicted octanol–water partition coefficient (Wildman–Crippen LogP) is 1.10. The van der Waals surface area contributed by atoms with Crippen molar-refractivity contribution in [2.75, 3.05) is 32.2 Å². The van der Waals surface area contributed by atoms with E-state index in [1.54, 1.807) is 31.4 Å². The maximum Gasteiger partial charge on any atom is 0.407 e. The number of urea groups is 1. The van der Waals surface area contributed by atoms with Gasteiger partial charge in [0.15, 0.2) is 6.10 Å². The molecule has 0 saturated carbocycles. The maximum absolute atomic E-state index is 12.2. The van der Waals surface area contributed by atoms with Crippen molar-refractivity contribution in [2.45, 2.75) is 31.3 Å². The second kappa shape index (κ2) is 8.24. The van der Waals surface area contributed by atoms with Gasteiger partial charge in [0.25, 0.3) is 0 Å². The SMILES string of the molecule is CCNC(=O)O[C@@H]1CO[C@H]2[C@@H]1OC[C@@H]2NC(=O)Nc1ccc(OC)cc1. The van der Waals surface area contributed by atoms with E-state index in [-0.39, 0.29) is 30.9 Å². The number of methoxy groups -OCH3 is 1. The lowest BCUT2D eigenvalue weighted by Gasteiger charge is -2.18. The lowest BCUT2D eigenvalue weighted by molar-refractivity contribution is 0.00419. The Kier molecular flexibility index (Phi) is 5.79. The predicted molar refractivity (Wildman–Crippen MR) is 92.4 cm³/mol. The van der Waals surface area contributed by atoms with Gasteiger partial charge in [0, 0.05) is 12.2 Å². The van der Waals surface area contributed by atoms with Gasteiger partial charge in [0.05, 0.1) is 26.4 Å². The average Bonchev–Trinajstić information content (AvgIpc) is 3.20. The Morgan fingerprint density at radius 1 is 1.15 bits per heavy atom. The molecule has 142 valence electrons. The Bertz CT molecular complexity index is 638. The zero-order valence-electron chi connectivity index (χ0n) is 14.7. The van der Waals surface area contributed by atoms with Crippen molar-refractivity contribution >= 4 is 17.8 Å². The van der Waals surface area contributed by atoms with Crippen molar-refractivity contribution in [3.05, 3.63) is 24.3 Å². The van der Waals surface area contributed by atoms with Crippen LogP contribution in [-0.4, -0.2) is 63.3 Å². The second-order valence-electron chi connectivity index (χ2n) is 6.00. The number of anilines is 1. The van der Waals surface area contributed by atoms with E-state index in [2.05, 4.69) is 16.0 Å². The first-order valence-electron chi connectivity index (χ1n) is 8.50. The second-order valence-corrected chi connectivity index (χ2v) is 6.00. The van der Waals surface area contributed by atoms with E-state index < -0.39 is 12.2 Å². The number of alkyl carbamates (subject to hydrolysis) is 1. The van der Waals surface area contributed by atoms with Crippen LogP contribution in [0.3, 0.4) is 0 Å². The van der Waals surface area contributed by atoms with Crippen LogP contribution >= 0.6 is 0 Å². The first-order valence-corrected chi connectivity index (χ1v) is 8.50. The lowest BCUT2D eigenvalue weighted by atomic mass is 10.1. The standard InChI is InChI=1S/C17H23N3O6/c1-3-18-17(22)26-13-9-25-14-12(8-24-15(13)14)20-16(21)19-10-4-6-11(23-2)7-5-10/h4-7,12-15H,3,8-9H2,1-2H3,(H,18,22)(H2,19,20,21)/t12-,13+,14+,15+/m0/s1. The summed E-state index contributed by atoms with van der Waals surface area (Å²) in [5, 5.41) is 8.16. The van der Waals surface area contributed by atoms with E-state index in [1.807, 2.05) is 6.92 Å². The quantitative estimate of drug-likeness (QED) is 0.721. The molecule has 0 spiro atoms. The van der Waals surface area contributed by atoms with E-state index in [0.29, 0.717) is 24.6 Å². The summed E-state index contributed by atoms with van der Waals surface area (Å²) in [6, 6.07) is 6.33. The molecule has 0 aromatic heterocycles. The van der Waals surface area contributed by atoms with Crippen molar-refractivity contribution in [1.29, 1.82) is 0 Å². The summed E-state index contributed by atoms with van der Waals surface area (Å²) in [5.74, 6) is 0.709. The van der Waals surface area contributed by atoms with Crippen molar-refractivity contribution in [3.63, 3.8) is 0 Å². The number of rotatable bonds is 5. The van der Waals surface area contributed by atoms with Crippen LogP contribution in [0.4, 0.5) is 15.3 Å². The highest BCUT2D eigenvalue weighted by Gasteiger charge is 2.50. The number of hydrogen-bond donors (Lipinski definition) is 3. The van der Waals surface area contributed by atoms with Crippen molar-refractivity contribution < 1.29 is 28.5 Å². The molecule has 0 unspecified atom stereocenters. The lowest BCUT2D eigenvalue weighted by Crippen LogP contribution is -2.46. The summed E-state index contributed by atoms with van der Waals surface area (Å²) < 4.78 is 21.7. The fourth-order valence-corrected chi connectivity index (χ4v) is 3.02. The molecule has 0 bridgehead atoms. The fourth-order valence-electron chi connectivity index (χ4n) is 3.02.